The molecule has 5 rings (SSSR count). The lowest BCUT2D eigenvalue weighted by Crippen LogP contribution is -2.45. The fourth-order valence-corrected chi connectivity index (χ4v) is 5.93. The first-order chi connectivity index (χ1) is 16.5. The molecule has 4 aromatic rings. The Balaban J connectivity index is 1.72. The van der Waals surface area contributed by atoms with Gasteiger partial charge in [-0.1, -0.05) is 4.68 Å². The summed E-state index contributed by atoms with van der Waals surface area (Å²) in [5.41, 5.74) is 5.82. The third-order valence-corrected chi connectivity index (χ3v) is 7.89. The zero-order valence-corrected chi connectivity index (χ0v) is 22.6. The number of carbonyl (C=O) groups excluding carboxylic acids is 1. The number of hydrogen-bond acceptors (Lipinski definition) is 6. The van der Waals surface area contributed by atoms with Gasteiger partial charge in [-0.05, 0) is 63.9 Å². The van der Waals surface area contributed by atoms with Crippen molar-refractivity contribution in [1.29, 1.82) is 0 Å². The van der Waals surface area contributed by atoms with Gasteiger partial charge in [-0.25, -0.2) is 4.98 Å². The van der Waals surface area contributed by atoms with E-state index in [9.17, 15) is 4.79 Å². The summed E-state index contributed by atoms with van der Waals surface area (Å²) >= 11 is 8.92. The van der Waals surface area contributed by atoms with Crippen molar-refractivity contribution in [2.24, 2.45) is 0 Å². The molecule has 1 aliphatic rings. The fourth-order valence-electron chi connectivity index (χ4n) is 5.48. The van der Waals surface area contributed by atoms with Gasteiger partial charge < -0.3 is 9.15 Å². The SMILES string of the molecule is COc1cc[n+](-n2cnc3cc4c(cc32)C(C)(C)C(=O)C4(C)C)c(Cc2ccoc2C(S)S)c1C. The summed E-state index contributed by atoms with van der Waals surface area (Å²) in [6.45, 7) is 10.1. The highest BCUT2D eigenvalue weighted by Crippen LogP contribution is 2.47. The molecule has 0 saturated carbocycles. The number of carbonyl (C=O) groups is 1. The second-order valence-corrected chi connectivity index (χ2v) is 11.7. The molecule has 3 aromatic heterocycles. The van der Waals surface area contributed by atoms with Gasteiger partial charge in [0.1, 0.15) is 21.6 Å². The first-order valence-corrected chi connectivity index (χ1v) is 12.6. The van der Waals surface area contributed by atoms with E-state index >= 15 is 0 Å². The highest BCUT2D eigenvalue weighted by molar-refractivity contribution is 7.98. The minimum Gasteiger partial charge on any atom is -0.496 e. The van der Waals surface area contributed by atoms with Crippen LogP contribution in [0.4, 0.5) is 0 Å². The van der Waals surface area contributed by atoms with Crippen LogP contribution in [0.1, 0.15) is 66.0 Å². The summed E-state index contributed by atoms with van der Waals surface area (Å²) in [6, 6.07) is 8.10. The Labute approximate surface area is 216 Å². The quantitative estimate of drug-likeness (QED) is 0.223. The largest absolute Gasteiger partial charge is 0.496 e. The molecule has 0 amide bonds. The zero-order valence-electron chi connectivity index (χ0n) is 20.8. The van der Waals surface area contributed by atoms with Crippen molar-refractivity contribution < 1.29 is 18.6 Å². The van der Waals surface area contributed by atoms with Gasteiger partial charge in [0.25, 0.3) is 0 Å². The zero-order chi connectivity index (χ0) is 25.3. The molecule has 0 saturated heterocycles. The van der Waals surface area contributed by atoms with E-state index in [1.165, 1.54) is 0 Å². The predicted octanol–water partition coefficient (Wildman–Crippen LogP) is 5.13. The first kappa shape index (κ1) is 24.0. The molecule has 0 spiro atoms. The normalized spacial score (nSPS) is 16.3. The van der Waals surface area contributed by atoms with Gasteiger partial charge in [-0.15, -0.1) is 4.68 Å². The van der Waals surface area contributed by atoms with E-state index < -0.39 is 10.8 Å². The topological polar surface area (TPSA) is 61.1 Å². The van der Waals surface area contributed by atoms with Gasteiger partial charge >= 0.3 is 0 Å². The number of thiol groups is 2. The molecule has 35 heavy (non-hydrogen) atoms. The molecule has 0 unspecified atom stereocenters. The lowest BCUT2D eigenvalue weighted by Gasteiger charge is -2.21. The lowest BCUT2D eigenvalue weighted by molar-refractivity contribution is -0.731. The van der Waals surface area contributed by atoms with E-state index in [1.807, 2.05) is 64.0 Å². The number of rotatable bonds is 5. The molecule has 8 heteroatoms. The second-order valence-electron chi connectivity index (χ2n) is 10.2. The van der Waals surface area contributed by atoms with Crippen LogP contribution < -0.4 is 9.41 Å². The maximum atomic E-state index is 13.2. The predicted molar refractivity (Wildman–Crippen MR) is 142 cm³/mol. The van der Waals surface area contributed by atoms with Crippen molar-refractivity contribution in [2.45, 2.75) is 56.5 Å². The van der Waals surface area contributed by atoms with E-state index in [-0.39, 0.29) is 10.4 Å². The van der Waals surface area contributed by atoms with Gasteiger partial charge in [-0.3, -0.25) is 4.79 Å². The molecule has 0 atom stereocenters. The van der Waals surface area contributed by atoms with Crippen LogP contribution in [0.5, 0.6) is 5.75 Å². The minimum absolute atomic E-state index is 0.230. The average Bonchev–Trinajstić information content (AvgIpc) is 3.48. The van der Waals surface area contributed by atoms with E-state index in [0.717, 1.165) is 50.5 Å². The second kappa shape index (κ2) is 8.17. The van der Waals surface area contributed by atoms with Crippen LogP contribution in [0.25, 0.3) is 11.0 Å². The van der Waals surface area contributed by atoms with Crippen molar-refractivity contribution in [3.63, 3.8) is 0 Å². The number of ketones is 1. The fraction of sp³-hybridized carbons (Fsp3) is 0.370. The van der Waals surface area contributed by atoms with Gasteiger partial charge in [0, 0.05) is 22.5 Å². The highest BCUT2D eigenvalue weighted by Gasteiger charge is 2.50. The number of benzene rings is 1. The van der Waals surface area contributed by atoms with Crippen LogP contribution in [-0.2, 0) is 22.0 Å². The summed E-state index contributed by atoms with van der Waals surface area (Å²) in [6.07, 6.45) is 6.07. The van der Waals surface area contributed by atoms with E-state index in [2.05, 4.69) is 42.1 Å². The van der Waals surface area contributed by atoms with Crippen LogP contribution >= 0.6 is 25.3 Å². The van der Waals surface area contributed by atoms with E-state index in [4.69, 9.17) is 14.1 Å². The third-order valence-electron chi connectivity index (χ3n) is 7.42. The number of imidazole rings is 1. The maximum Gasteiger partial charge on any atom is 0.223 e. The maximum absolute atomic E-state index is 13.2. The van der Waals surface area contributed by atoms with Crippen LogP contribution in [0, 0.1) is 6.92 Å². The molecule has 0 radical (unpaired) electrons. The Kier molecular flexibility index (Phi) is 5.60. The number of aromatic nitrogens is 3. The number of nitrogens with zero attached hydrogens (tertiary/aromatic N) is 3. The van der Waals surface area contributed by atoms with Gasteiger partial charge in [0.15, 0.2) is 12.1 Å². The van der Waals surface area contributed by atoms with Crippen LogP contribution in [0.3, 0.4) is 0 Å². The molecule has 1 aliphatic carbocycles. The standard InChI is InChI=1S/C27H29N3O3S2/c1-15-20(11-16-8-10-33-23(16)24(34)35)29(9-7-22(15)32-6)30-14-28-19-12-17-18(13-21(19)30)27(4,5)25(31)26(17,2)3/h7-10,12-14,24H,11H2,1-6H3,(H-,34,35)/p+1. The smallest absolute Gasteiger partial charge is 0.223 e. The molecule has 0 N–H and O–H groups in total. The molecule has 0 bridgehead atoms. The van der Waals surface area contributed by atoms with E-state index in [0.29, 0.717) is 6.42 Å². The van der Waals surface area contributed by atoms with Crippen LogP contribution in [0.2, 0.25) is 0 Å². The Morgan fingerprint density at radius 3 is 2.49 bits per heavy atom. The first-order valence-electron chi connectivity index (χ1n) is 11.6. The molecule has 3 heterocycles. The van der Waals surface area contributed by atoms with Gasteiger partial charge in [0.2, 0.25) is 11.9 Å². The van der Waals surface area contributed by atoms with Crippen molar-refractivity contribution in [1.82, 2.24) is 9.66 Å². The molecule has 182 valence electrons. The Hall–Kier alpha value is -2.71. The monoisotopic (exact) mass is 508 g/mol. The molecule has 0 aliphatic heterocycles. The molecule has 0 fully saturated rings. The summed E-state index contributed by atoms with van der Waals surface area (Å²) in [7, 11) is 1.67. The summed E-state index contributed by atoms with van der Waals surface area (Å²) < 4.78 is 15.1. The lowest BCUT2D eigenvalue weighted by atomic mass is 9.80. The highest BCUT2D eigenvalue weighted by atomic mass is 32.2. The Morgan fingerprint density at radius 1 is 1.14 bits per heavy atom. The minimum atomic E-state index is -0.564. The van der Waals surface area contributed by atoms with Crippen molar-refractivity contribution in [3.05, 3.63) is 76.8 Å². The number of methoxy groups -OCH3 is 1. The van der Waals surface area contributed by atoms with E-state index in [1.54, 1.807) is 13.4 Å². The van der Waals surface area contributed by atoms with Crippen molar-refractivity contribution >= 4 is 42.1 Å². The van der Waals surface area contributed by atoms with Gasteiger partial charge in [-0.2, -0.15) is 25.3 Å². The molecular weight excluding hydrogens is 478 g/mol. The van der Waals surface area contributed by atoms with Crippen molar-refractivity contribution in [2.75, 3.05) is 7.11 Å². The number of fused-ring (bicyclic) bond motifs is 2. The number of pyridine rings is 1. The number of furan rings is 1. The number of Topliss-reactive ketones (excluding diaryl/α,β-unsaturated/α-hetero) is 1. The average molecular weight is 509 g/mol. The van der Waals surface area contributed by atoms with Crippen LogP contribution in [-0.4, -0.2) is 22.6 Å². The summed E-state index contributed by atoms with van der Waals surface area (Å²) in [4.78, 5) is 18.0. The summed E-state index contributed by atoms with van der Waals surface area (Å²) in [5.74, 6) is 1.75. The molecular formula is C27H30N3O3S2+. The Morgan fingerprint density at radius 2 is 1.83 bits per heavy atom. The van der Waals surface area contributed by atoms with Gasteiger partial charge in [0.05, 0.1) is 30.9 Å². The Bertz CT molecular complexity index is 1480. The third kappa shape index (κ3) is 3.52. The summed E-state index contributed by atoms with van der Waals surface area (Å²) in [5, 5.41) is 0. The van der Waals surface area contributed by atoms with Crippen molar-refractivity contribution in [3.8, 4) is 5.75 Å². The van der Waals surface area contributed by atoms with Crippen LogP contribution in [0.15, 0.2) is 47.5 Å². The molecule has 6 nitrogen and oxygen atoms in total. The number of hydrogen-bond donors (Lipinski definition) is 2. The number of ether oxygens (including phenoxy) is 1. The molecule has 1 aromatic carbocycles.